The van der Waals surface area contributed by atoms with E-state index in [0.717, 1.165) is 74.2 Å². The van der Waals surface area contributed by atoms with Gasteiger partial charge in [-0.15, -0.1) is 0 Å². The van der Waals surface area contributed by atoms with Crippen molar-refractivity contribution in [2.24, 2.45) is 11.8 Å². The number of carbonyl (C=O) groups is 2. The fraction of sp³-hybridized carbons (Fsp3) is 0.546. The monoisotopic (exact) mass is 1520 g/mol. The molecule has 0 saturated heterocycles. The Balaban J connectivity index is 0.000000346. The maximum absolute atomic E-state index is 11.2. The maximum atomic E-state index is 11.2. The third-order valence-electron chi connectivity index (χ3n) is 21.1. The first kappa shape index (κ1) is 96.2. The molecule has 3 N–H and O–H groups in total. The van der Waals surface area contributed by atoms with Crippen molar-refractivity contribution in [2.45, 2.75) is 307 Å². The van der Waals surface area contributed by atoms with Crippen molar-refractivity contribution >= 4 is 12.1 Å². The molecule has 0 aliphatic heterocycles. The Bertz CT molecular complexity index is 3320. The van der Waals surface area contributed by atoms with Gasteiger partial charge in [-0.3, -0.25) is 4.79 Å². The van der Waals surface area contributed by atoms with Crippen molar-refractivity contribution in [3.8, 4) is 40.2 Å². The molecule has 0 radical (unpaired) electrons. The van der Waals surface area contributed by atoms with Crippen LogP contribution in [0.5, 0.6) is 40.2 Å². The van der Waals surface area contributed by atoms with Crippen LogP contribution < -0.4 is 18.9 Å². The molecular formula is C97H144O13. The third kappa shape index (κ3) is 40.3. The van der Waals surface area contributed by atoms with Gasteiger partial charge in [-0.25, -0.2) is 4.79 Å². The second kappa shape index (κ2) is 54.6. The molecule has 0 spiro atoms. The van der Waals surface area contributed by atoms with E-state index in [-0.39, 0.29) is 30.1 Å². The molecule has 2 aliphatic carbocycles. The number of carbonyl (C=O) groups excluding carboxylic acids is 2. The predicted molar refractivity (Wildman–Crippen MR) is 455 cm³/mol. The Hall–Kier alpha value is -8.00. The van der Waals surface area contributed by atoms with E-state index in [2.05, 4.69) is 148 Å². The molecule has 2 aliphatic rings. The van der Waals surface area contributed by atoms with Crippen LogP contribution in [0.25, 0.3) is 0 Å². The normalized spacial score (nSPS) is 15.2. The van der Waals surface area contributed by atoms with Crippen molar-refractivity contribution in [3.63, 3.8) is 0 Å². The maximum Gasteiger partial charge on any atom is 0.513 e. The van der Waals surface area contributed by atoms with Gasteiger partial charge >= 0.3 is 12.1 Å². The van der Waals surface area contributed by atoms with Crippen molar-refractivity contribution in [3.05, 3.63) is 209 Å². The van der Waals surface area contributed by atoms with E-state index in [1.807, 2.05) is 109 Å². The SMILES string of the molecule is CCC(C)C(=O)OC(C)(C)C.CCC(C)c1ccc(O)cc1.CCC(C)c1ccc(O)cc1.CCC(C)c1ccc(O)cc1.CCC(C)c1ccc(OC(=O)OC)cc1.CCC(C)c1ccc(OC(C)OCCC2CCCCC2)cc1.CCC(C)c1ccc(OC(C)OCCOc2ccc(C3CCCCC3)cc2)cc1. The van der Waals surface area contributed by atoms with Gasteiger partial charge in [-0.05, 0) is 270 Å². The second-order valence-corrected chi connectivity index (χ2v) is 30.9. The smallest absolute Gasteiger partial charge is 0.508 e. The first-order chi connectivity index (χ1) is 52.6. The number of rotatable bonds is 29. The van der Waals surface area contributed by atoms with E-state index in [0.29, 0.717) is 71.7 Å². The Morgan fingerprint density at radius 1 is 0.382 bits per heavy atom. The number of phenols is 3. The summed E-state index contributed by atoms with van der Waals surface area (Å²) in [6.07, 6.45) is 21.5. The van der Waals surface area contributed by atoms with Crippen LogP contribution in [-0.2, 0) is 23.7 Å². The largest absolute Gasteiger partial charge is 0.513 e. The van der Waals surface area contributed by atoms with E-state index < -0.39 is 6.16 Å². The average Bonchev–Trinajstić information content (AvgIpc) is 0.847. The first-order valence-corrected chi connectivity index (χ1v) is 41.5. The molecule has 13 nitrogen and oxygen atoms in total. The van der Waals surface area contributed by atoms with Gasteiger partial charge in [-0.2, -0.15) is 0 Å². The minimum Gasteiger partial charge on any atom is -0.508 e. The molecule has 2 fully saturated rings. The molecular weight excluding hydrogens is 1370 g/mol. The summed E-state index contributed by atoms with van der Waals surface area (Å²) in [6, 6.07) is 55.1. The lowest BCUT2D eigenvalue weighted by molar-refractivity contribution is -0.159. The summed E-state index contributed by atoms with van der Waals surface area (Å²) in [6.45, 7) is 41.5. The summed E-state index contributed by atoms with van der Waals surface area (Å²) >= 11 is 0. The lowest BCUT2D eigenvalue weighted by Crippen LogP contribution is -2.27. The van der Waals surface area contributed by atoms with Crippen molar-refractivity contribution < 1.29 is 62.8 Å². The molecule has 0 amide bonds. The van der Waals surface area contributed by atoms with Gasteiger partial charge in [0, 0.05) is 0 Å². The van der Waals surface area contributed by atoms with E-state index in [4.69, 9.17) is 48.5 Å². The molecule has 110 heavy (non-hydrogen) atoms. The van der Waals surface area contributed by atoms with E-state index in [1.54, 1.807) is 48.5 Å². The quantitative estimate of drug-likeness (QED) is 0.0175. The van der Waals surface area contributed by atoms with E-state index in [9.17, 15) is 9.59 Å². The molecule has 610 valence electrons. The second-order valence-electron chi connectivity index (χ2n) is 30.9. The van der Waals surface area contributed by atoms with Gasteiger partial charge < -0.3 is 53.2 Å². The number of hydrogen-bond donors (Lipinski definition) is 3. The van der Waals surface area contributed by atoms with Crippen LogP contribution in [0.2, 0.25) is 0 Å². The molecule has 0 heterocycles. The van der Waals surface area contributed by atoms with Gasteiger partial charge in [0.25, 0.3) is 0 Å². The van der Waals surface area contributed by atoms with Crippen molar-refractivity contribution in [2.75, 3.05) is 26.9 Å². The van der Waals surface area contributed by atoms with Crippen molar-refractivity contribution in [1.29, 1.82) is 0 Å². The fourth-order valence-corrected chi connectivity index (χ4v) is 12.1. The van der Waals surface area contributed by atoms with Crippen LogP contribution in [0, 0.1) is 11.8 Å². The topological polar surface area (TPSA) is 169 Å². The molecule has 2 saturated carbocycles. The summed E-state index contributed by atoms with van der Waals surface area (Å²) in [4.78, 5) is 22.0. The zero-order valence-electron chi connectivity index (χ0n) is 71.3. The van der Waals surface area contributed by atoms with Crippen molar-refractivity contribution in [1.82, 2.24) is 0 Å². The van der Waals surface area contributed by atoms with E-state index in [1.165, 1.54) is 123 Å². The Morgan fingerprint density at radius 3 is 1.01 bits per heavy atom. The zero-order chi connectivity index (χ0) is 81.4. The lowest BCUT2D eigenvalue weighted by atomic mass is 9.84. The number of ether oxygens (including phenoxy) is 8. The standard InChI is InChI=1S/C26H36O3.C20H32O2.C12H16O3.3C10H14O.C9H18O2/c1-4-20(2)22-10-16-26(17-11-22)29-21(3)27-18-19-28-25-14-12-24(13-15-25)23-8-6-5-7-9-23;1-4-16(2)19-10-12-20(13-11-19)22-17(3)21-15-14-18-8-6-5-7-9-18;1-4-9(2)10-5-7-11(8-6-10)15-12(13)14-3;3*1-3-8(2)9-4-6-10(11)7-5-9;1-6-7(2)8(10)11-9(3,4)5/h10-17,20-21,23H,4-9,18-19H2,1-3H3;10-13,16-18H,4-9,14-15H2,1-3H3;5-9H,4H2,1-3H3;3*4-8,11H,3H2,1-2H3;7H,6H2,1-5H3. The Labute approximate surface area is 665 Å². The van der Waals surface area contributed by atoms with Crippen LogP contribution in [0.15, 0.2) is 170 Å². The average molecular weight is 1520 g/mol. The Morgan fingerprint density at radius 2 is 0.691 bits per heavy atom. The molecule has 7 aromatic rings. The number of esters is 1. The van der Waals surface area contributed by atoms with Gasteiger partial charge in [-0.1, -0.05) is 233 Å². The molecule has 9 unspecified atom stereocenters. The molecule has 0 aromatic heterocycles. The van der Waals surface area contributed by atoms with Crippen LogP contribution >= 0.6 is 0 Å². The minimum absolute atomic E-state index is 0.0224. The number of phenolic OH excluding ortho intramolecular Hbond substituents is 3. The summed E-state index contributed by atoms with van der Waals surface area (Å²) < 4.78 is 43.5. The van der Waals surface area contributed by atoms with Crippen LogP contribution in [0.1, 0.15) is 327 Å². The molecule has 9 rings (SSSR count). The highest BCUT2D eigenvalue weighted by atomic mass is 16.7. The van der Waals surface area contributed by atoms with Gasteiger partial charge in [0.1, 0.15) is 52.5 Å². The van der Waals surface area contributed by atoms with Crippen LogP contribution in [0.3, 0.4) is 0 Å². The lowest BCUT2D eigenvalue weighted by Gasteiger charge is -2.22. The van der Waals surface area contributed by atoms with Gasteiger partial charge in [0.05, 0.1) is 26.2 Å². The minimum atomic E-state index is -0.689. The molecule has 0 bridgehead atoms. The predicted octanol–water partition coefficient (Wildman–Crippen LogP) is 27.4. The van der Waals surface area contributed by atoms with Crippen LogP contribution in [-0.4, -0.2) is 72.6 Å². The highest BCUT2D eigenvalue weighted by molar-refractivity contribution is 5.72. The summed E-state index contributed by atoms with van der Waals surface area (Å²) in [7, 11) is 1.29. The molecule has 9 atom stereocenters. The number of hydrogen-bond acceptors (Lipinski definition) is 13. The van der Waals surface area contributed by atoms with Crippen LogP contribution in [0.4, 0.5) is 4.79 Å². The zero-order valence-corrected chi connectivity index (χ0v) is 71.3. The number of methoxy groups -OCH3 is 1. The summed E-state index contributed by atoms with van der Waals surface area (Å²) in [5, 5.41) is 27.0. The third-order valence-corrected chi connectivity index (χ3v) is 21.1. The molecule has 13 heteroatoms. The summed E-state index contributed by atoms with van der Waals surface area (Å²) in [5.74, 6) is 9.20. The first-order valence-electron chi connectivity index (χ1n) is 41.5. The highest BCUT2D eigenvalue weighted by Crippen LogP contribution is 2.34. The molecule has 7 aromatic carbocycles. The summed E-state index contributed by atoms with van der Waals surface area (Å²) in [5.41, 5.74) is 8.96. The number of aromatic hydroxyl groups is 3. The van der Waals surface area contributed by atoms with E-state index >= 15 is 0 Å². The highest BCUT2D eigenvalue weighted by Gasteiger charge is 2.21. The Kier molecular flexibility index (Phi) is 47.8. The van der Waals surface area contributed by atoms with Gasteiger partial charge in [0.2, 0.25) is 0 Å². The van der Waals surface area contributed by atoms with Gasteiger partial charge in [0.15, 0.2) is 12.6 Å². The fourth-order valence-electron chi connectivity index (χ4n) is 12.1. The number of benzene rings is 7.